The number of hydrogen-bond donors (Lipinski definition) is 2. The van der Waals surface area contributed by atoms with Crippen LogP contribution in [0.25, 0.3) is 6.08 Å². The highest BCUT2D eigenvalue weighted by Gasteiger charge is 2.19. The standard InChI is InChI=1S/C14H20N2O2/c17-11-12-4-1-2-9-16(10-12)14(18)7-6-13-5-3-8-15-13/h3,5-8,12,15,17H,1-2,4,9-11H2/b7-6+. The Kier molecular flexibility index (Phi) is 4.59. The molecule has 18 heavy (non-hydrogen) atoms. The Morgan fingerprint density at radius 2 is 2.44 bits per heavy atom. The van der Waals surface area contributed by atoms with Gasteiger partial charge in [0.15, 0.2) is 0 Å². The third-order valence-electron chi connectivity index (χ3n) is 3.37. The Morgan fingerprint density at radius 1 is 1.56 bits per heavy atom. The maximum Gasteiger partial charge on any atom is 0.246 e. The number of amides is 1. The zero-order valence-electron chi connectivity index (χ0n) is 10.5. The number of likely N-dealkylation sites (tertiary alicyclic amines) is 1. The molecule has 1 amide bonds. The quantitative estimate of drug-likeness (QED) is 0.799. The first-order valence-electron chi connectivity index (χ1n) is 6.51. The Bertz CT molecular complexity index is 398. The third kappa shape index (κ3) is 3.47. The monoisotopic (exact) mass is 248 g/mol. The summed E-state index contributed by atoms with van der Waals surface area (Å²) in [6.45, 7) is 1.64. The van der Waals surface area contributed by atoms with Crippen molar-refractivity contribution in [2.24, 2.45) is 5.92 Å². The molecule has 98 valence electrons. The summed E-state index contributed by atoms with van der Waals surface area (Å²) in [5, 5.41) is 9.23. The number of hydrogen-bond acceptors (Lipinski definition) is 2. The van der Waals surface area contributed by atoms with Gasteiger partial charge in [-0.3, -0.25) is 4.79 Å². The van der Waals surface area contributed by atoms with Crippen molar-refractivity contribution in [2.75, 3.05) is 19.7 Å². The minimum absolute atomic E-state index is 0.0324. The maximum absolute atomic E-state index is 12.1. The van der Waals surface area contributed by atoms with Gasteiger partial charge in [-0.2, -0.15) is 0 Å². The molecule has 1 aliphatic heterocycles. The lowest BCUT2D eigenvalue weighted by molar-refractivity contribution is -0.126. The molecule has 2 N–H and O–H groups in total. The van der Waals surface area contributed by atoms with Crippen LogP contribution in [-0.2, 0) is 4.79 Å². The van der Waals surface area contributed by atoms with Gasteiger partial charge in [-0.25, -0.2) is 0 Å². The average molecular weight is 248 g/mol. The van der Waals surface area contributed by atoms with Crippen molar-refractivity contribution < 1.29 is 9.90 Å². The number of aliphatic hydroxyl groups excluding tert-OH is 1. The molecule has 4 heteroatoms. The fourth-order valence-electron chi connectivity index (χ4n) is 2.29. The van der Waals surface area contributed by atoms with E-state index in [9.17, 15) is 9.90 Å². The second-order valence-electron chi connectivity index (χ2n) is 4.79. The molecular weight excluding hydrogens is 228 g/mol. The summed E-state index contributed by atoms with van der Waals surface area (Å²) in [5.41, 5.74) is 0.928. The van der Waals surface area contributed by atoms with Gasteiger partial charge in [0, 0.05) is 37.7 Å². The lowest BCUT2D eigenvalue weighted by Gasteiger charge is -2.22. The number of aliphatic hydroxyl groups is 1. The number of carbonyl (C=O) groups excluding carboxylic acids is 1. The van der Waals surface area contributed by atoms with Crippen molar-refractivity contribution in [2.45, 2.75) is 19.3 Å². The Balaban J connectivity index is 1.94. The van der Waals surface area contributed by atoms with E-state index in [2.05, 4.69) is 4.98 Å². The van der Waals surface area contributed by atoms with Crippen LogP contribution >= 0.6 is 0 Å². The Labute approximate surface area is 107 Å². The highest BCUT2D eigenvalue weighted by Crippen LogP contribution is 2.16. The van der Waals surface area contributed by atoms with Crippen LogP contribution in [0.15, 0.2) is 24.4 Å². The van der Waals surface area contributed by atoms with Crippen LogP contribution in [0.2, 0.25) is 0 Å². The van der Waals surface area contributed by atoms with Crippen LogP contribution in [0.5, 0.6) is 0 Å². The van der Waals surface area contributed by atoms with Crippen molar-refractivity contribution in [1.29, 1.82) is 0 Å². The topological polar surface area (TPSA) is 56.3 Å². The van der Waals surface area contributed by atoms with Gasteiger partial charge in [0.05, 0.1) is 0 Å². The van der Waals surface area contributed by atoms with Crippen LogP contribution in [0.1, 0.15) is 25.0 Å². The summed E-state index contributed by atoms with van der Waals surface area (Å²) < 4.78 is 0. The number of rotatable bonds is 3. The average Bonchev–Trinajstić information content (AvgIpc) is 2.79. The van der Waals surface area contributed by atoms with Crippen molar-refractivity contribution >= 4 is 12.0 Å². The predicted octanol–water partition coefficient (Wildman–Crippen LogP) is 1.65. The van der Waals surface area contributed by atoms with Crippen LogP contribution < -0.4 is 0 Å². The van der Waals surface area contributed by atoms with Crippen LogP contribution in [-0.4, -0.2) is 40.6 Å². The lowest BCUT2D eigenvalue weighted by Crippen LogP contribution is -2.34. The molecule has 2 heterocycles. The second kappa shape index (κ2) is 6.40. The van der Waals surface area contributed by atoms with Gasteiger partial charge in [0.1, 0.15) is 0 Å². The molecular formula is C14H20N2O2. The molecule has 0 aromatic carbocycles. The molecule has 0 saturated carbocycles. The zero-order valence-corrected chi connectivity index (χ0v) is 10.5. The van der Waals surface area contributed by atoms with Gasteiger partial charge in [-0.15, -0.1) is 0 Å². The zero-order chi connectivity index (χ0) is 12.8. The van der Waals surface area contributed by atoms with E-state index < -0.39 is 0 Å². The highest BCUT2D eigenvalue weighted by atomic mass is 16.3. The van der Waals surface area contributed by atoms with Crippen LogP contribution in [0.3, 0.4) is 0 Å². The lowest BCUT2D eigenvalue weighted by atomic mass is 10.1. The van der Waals surface area contributed by atoms with Crippen molar-refractivity contribution in [3.63, 3.8) is 0 Å². The molecule has 1 aromatic heterocycles. The number of aromatic amines is 1. The molecule has 0 bridgehead atoms. The molecule has 0 aliphatic carbocycles. The van der Waals surface area contributed by atoms with Crippen molar-refractivity contribution in [1.82, 2.24) is 9.88 Å². The first-order valence-corrected chi connectivity index (χ1v) is 6.51. The molecule has 1 fully saturated rings. The van der Waals surface area contributed by atoms with E-state index in [0.717, 1.165) is 31.5 Å². The van der Waals surface area contributed by atoms with E-state index >= 15 is 0 Å². The molecule has 1 unspecified atom stereocenters. The molecule has 4 nitrogen and oxygen atoms in total. The largest absolute Gasteiger partial charge is 0.396 e. The summed E-state index contributed by atoms with van der Waals surface area (Å²) in [4.78, 5) is 16.9. The fraction of sp³-hybridized carbons (Fsp3) is 0.500. The van der Waals surface area contributed by atoms with Gasteiger partial charge in [0.2, 0.25) is 5.91 Å². The smallest absolute Gasteiger partial charge is 0.246 e. The van der Waals surface area contributed by atoms with Crippen LogP contribution in [0.4, 0.5) is 0 Å². The number of aromatic nitrogens is 1. The summed E-state index contributed by atoms with van der Waals surface area (Å²) in [6, 6.07) is 3.82. The molecule has 1 saturated heterocycles. The summed E-state index contributed by atoms with van der Waals surface area (Å²) in [6.07, 6.45) is 8.36. The van der Waals surface area contributed by atoms with E-state index in [-0.39, 0.29) is 18.4 Å². The number of nitrogens with one attached hydrogen (secondary N) is 1. The van der Waals surface area contributed by atoms with Crippen molar-refractivity contribution in [3.8, 4) is 0 Å². The number of nitrogens with zero attached hydrogens (tertiary/aromatic N) is 1. The second-order valence-corrected chi connectivity index (χ2v) is 4.79. The van der Waals surface area contributed by atoms with Crippen LogP contribution in [0, 0.1) is 5.92 Å². The molecule has 0 radical (unpaired) electrons. The van der Waals surface area contributed by atoms with Gasteiger partial charge in [-0.05, 0) is 37.0 Å². The first-order chi connectivity index (χ1) is 8.79. The van der Waals surface area contributed by atoms with E-state index in [1.165, 1.54) is 0 Å². The predicted molar refractivity (Wildman–Crippen MR) is 70.8 cm³/mol. The number of H-pyrrole nitrogens is 1. The van der Waals surface area contributed by atoms with Gasteiger partial charge < -0.3 is 15.0 Å². The Hall–Kier alpha value is -1.55. The third-order valence-corrected chi connectivity index (χ3v) is 3.37. The SMILES string of the molecule is O=C(/C=C/c1ccc[nH]1)N1CCCCC(CO)C1. The highest BCUT2D eigenvalue weighted by molar-refractivity contribution is 5.91. The van der Waals surface area contributed by atoms with Crippen molar-refractivity contribution in [3.05, 3.63) is 30.1 Å². The normalized spacial score (nSPS) is 21.2. The molecule has 1 aliphatic rings. The summed E-state index contributed by atoms with van der Waals surface area (Å²) in [7, 11) is 0. The fourth-order valence-corrected chi connectivity index (χ4v) is 2.29. The summed E-state index contributed by atoms with van der Waals surface area (Å²) >= 11 is 0. The minimum atomic E-state index is 0.0324. The minimum Gasteiger partial charge on any atom is -0.396 e. The first kappa shape index (κ1) is 12.9. The molecule has 0 spiro atoms. The van der Waals surface area contributed by atoms with Gasteiger partial charge in [-0.1, -0.05) is 6.42 Å². The molecule has 1 atom stereocenters. The maximum atomic E-state index is 12.1. The van der Waals surface area contributed by atoms with Gasteiger partial charge >= 0.3 is 0 Å². The molecule has 1 aromatic rings. The number of carbonyl (C=O) groups is 1. The van der Waals surface area contributed by atoms with E-state index in [1.807, 2.05) is 23.2 Å². The van der Waals surface area contributed by atoms with E-state index in [0.29, 0.717) is 6.54 Å². The van der Waals surface area contributed by atoms with E-state index in [1.54, 1.807) is 12.2 Å². The molecule has 2 rings (SSSR count). The Morgan fingerprint density at radius 3 is 3.17 bits per heavy atom. The summed E-state index contributed by atoms with van der Waals surface area (Å²) in [5.74, 6) is 0.264. The van der Waals surface area contributed by atoms with Gasteiger partial charge in [0.25, 0.3) is 0 Å². The van der Waals surface area contributed by atoms with E-state index in [4.69, 9.17) is 0 Å².